The monoisotopic (exact) mass is 402 g/mol. The SMILES string of the molecule is CCOc1ccc2c(c1)CC(C(=O)N1C[C@@H](N)[C@H](c3ccccc3)C1)CO2.Cl. The molecule has 1 amide bonds. The van der Waals surface area contributed by atoms with Gasteiger partial charge in [-0.15, -0.1) is 12.4 Å². The average molecular weight is 403 g/mol. The molecule has 0 saturated carbocycles. The topological polar surface area (TPSA) is 64.8 Å². The number of amides is 1. The van der Waals surface area contributed by atoms with Crippen molar-refractivity contribution in [2.45, 2.75) is 25.3 Å². The van der Waals surface area contributed by atoms with Crippen molar-refractivity contribution in [2.75, 3.05) is 26.3 Å². The van der Waals surface area contributed by atoms with Crippen molar-refractivity contribution in [3.8, 4) is 11.5 Å². The molecule has 2 N–H and O–H groups in total. The number of hydrogen-bond acceptors (Lipinski definition) is 4. The smallest absolute Gasteiger partial charge is 0.229 e. The Hall–Kier alpha value is -2.24. The van der Waals surface area contributed by atoms with E-state index in [1.807, 2.05) is 48.2 Å². The Morgan fingerprint density at radius 3 is 2.75 bits per heavy atom. The summed E-state index contributed by atoms with van der Waals surface area (Å²) in [4.78, 5) is 15.0. The molecule has 2 heterocycles. The standard InChI is InChI=1S/C22H26N2O3.ClH/c1-2-26-18-8-9-21-16(11-18)10-17(14-27-21)22(25)24-12-19(20(23)13-24)15-6-4-3-5-7-15;/h3-9,11,17,19-20H,2,10,12-14,23H2,1H3;1H/t17?,19-,20+;/m0./s1. The van der Waals surface area contributed by atoms with E-state index in [1.165, 1.54) is 5.56 Å². The van der Waals surface area contributed by atoms with Crippen molar-refractivity contribution in [1.29, 1.82) is 0 Å². The van der Waals surface area contributed by atoms with Gasteiger partial charge >= 0.3 is 0 Å². The van der Waals surface area contributed by atoms with E-state index in [4.69, 9.17) is 15.2 Å². The Balaban J connectivity index is 0.00000225. The van der Waals surface area contributed by atoms with Gasteiger partial charge in [-0.3, -0.25) is 4.79 Å². The Kier molecular flexibility index (Phi) is 6.47. The van der Waals surface area contributed by atoms with E-state index in [9.17, 15) is 4.79 Å². The number of rotatable bonds is 4. The second-order valence-corrected chi connectivity index (χ2v) is 7.34. The van der Waals surface area contributed by atoms with Gasteiger partial charge in [-0.05, 0) is 42.7 Å². The van der Waals surface area contributed by atoms with Crippen LogP contribution in [0.15, 0.2) is 48.5 Å². The first kappa shape index (κ1) is 20.5. The average Bonchev–Trinajstić information content (AvgIpc) is 3.09. The van der Waals surface area contributed by atoms with E-state index in [1.54, 1.807) is 0 Å². The summed E-state index contributed by atoms with van der Waals surface area (Å²) in [5.41, 5.74) is 8.59. The molecule has 0 radical (unpaired) electrons. The Labute approximate surface area is 172 Å². The molecule has 0 aliphatic carbocycles. The van der Waals surface area contributed by atoms with Crippen LogP contribution in [0.25, 0.3) is 0 Å². The number of ether oxygens (including phenoxy) is 2. The van der Waals surface area contributed by atoms with E-state index in [-0.39, 0.29) is 36.2 Å². The molecule has 4 rings (SSSR count). The van der Waals surface area contributed by atoms with Gasteiger partial charge in [-0.25, -0.2) is 0 Å². The second kappa shape index (κ2) is 8.84. The molecule has 2 aliphatic heterocycles. The molecular formula is C22H27ClN2O3. The lowest BCUT2D eigenvalue weighted by molar-refractivity contribution is -0.135. The van der Waals surface area contributed by atoms with E-state index < -0.39 is 0 Å². The minimum absolute atomic E-state index is 0. The third-order valence-electron chi connectivity index (χ3n) is 5.50. The number of nitrogens with two attached hydrogens (primary N) is 1. The van der Waals surface area contributed by atoms with Crippen molar-refractivity contribution in [3.05, 3.63) is 59.7 Å². The number of nitrogens with zero attached hydrogens (tertiary/aromatic N) is 1. The van der Waals surface area contributed by atoms with Crippen LogP contribution < -0.4 is 15.2 Å². The van der Waals surface area contributed by atoms with Crippen molar-refractivity contribution in [3.63, 3.8) is 0 Å². The molecule has 1 unspecified atom stereocenters. The van der Waals surface area contributed by atoms with Gasteiger partial charge in [0.05, 0.1) is 12.5 Å². The molecule has 1 saturated heterocycles. The maximum atomic E-state index is 13.1. The maximum Gasteiger partial charge on any atom is 0.229 e. The lowest BCUT2D eigenvalue weighted by Crippen LogP contribution is -2.40. The lowest BCUT2D eigenvalue weighted by Gasteiger charge is -2.28. The van der Waals surface area contributed by atoms with Gasteiger partial charge in [-0.1, -0.05) is 30.3 Å². The normalized spacial score (nSPS) is 23.4. The number of likely N-dealkylation sites (tertiary alicyclic amines) is 1. The van der Waals surface area contributed by atoms with Crippen molar-refractivity contribution in [2.24, 2.45) is 11.7 Å². The van der Waals surface area contributed by atoms with Crippen LogP contribution in [0.5, 0.6) is 11.5 Å². The zero-order chi connectivity index (χ0) is 18.8. The highest BCUT2D eigenvalue weighted by atomic mass is 35.5. The largest absolute Gasteiger partial charge is 0.494 e. The third-order valence-corrected chi connectivity index (χ3v) is 5.50. The van der Waals surface area contributed by atoms with Crippen molar-refractivity contribution in [1.82, 2.24) is 4.90 Å². The van der Waals surface area contributed by atoms with Gasteiger partial charge in [0, 0.05) is 25.0 Å². The van der Waals surface area contributed by atoms with Gasteiger partial charge in [0.1, 0.15) is 18.1 Å². The molecule has 6 heteroatoms. The lowest BCUT2D eigenvalue weighted by atomic mass is 9.94. The van der Waals surface area contributed by atoms with Gasteiger partial charge in [0.25, 0.3) is 0 Å². The van der Waals surface area contributed by atoms with Gasteiger partial charge < -0.3 is 20.1 Å². The molecule has 2 aromatic rings. The number of hydrogen-bond donors (Lipinski definition) is 1. The Morgan fingerprint density at radius 2 is 2.00 bits per heavy atom. The molecule has 0 spiro atoms. The fraction of sp³-hybridized carbons (Fsp3) is 0.409. The summed E-state index contributed by atoms with van der Waals surface area (Å²) in [6, 6.07) is 16.0. The zero-order valence-corrected chi connectivity index (χ0v) is 16.9. The van der Waals surface area contributed by atoms with Gasteiger partial charge in [0.2, 0.25) is 5.91 Å². The van der Waals surface area contributed by atoms with Crippen LogP contribution in [-0.4, -0.2) is 43.2 Å². The highest BCUT2D eigenvalue weighted by molar-refractivity contribution is 5.85. The van der Waals surface area contributed by atoms with Crippen molar-refractivity contribution < 1.29 is 14.3 Å². The summed E-state index contributed by atoms with van der Waals surface area (Å²) in [7, 11) is 0. The van der Waals surface area contributed by atoms with E-state index in [0.29, 0.717) is 32.7 Å². The molecule has 28 heavy (non-hydrogen) atoms. The first-order valence-corrected chi connectivity index (χ1v) is 9.63. The van der Waals surface area contributed by atoms with Crippen LogP contribution in [0.4, 0.5) is 0 Å². The number of carbonyl (C=O) groups is 1. The molecule has 0 bridgehead atoms. The van der Waals surface area contributed by atoms with Crippen LogP contribution >= 0.6 is 12.4 Å². The number of benzene rings is 2. The molecular weight excluding hydrogens is 376 g/mol. The maximum absolute atomic E-state index is 13.1. The molecule has 2 aliphatic rings. The minimum Gasteiger partial charge on any atom is -0.494 e. The fourth-order valence-corrected chi connectivity index (χ4v) is 4.11. The number of fused-ring (bicyclic) bond motifs is 1. The second-order valence-electron chi connectivity index (χ2n) is 7.34. The predicted octanol–water partition coefficient (Wildman–Crippen LogP) is 3.01. The Bertz CT molecular complexity index is 815. The summed E-state index contributed by atoms with van der Waals surface area (Å²) in [6.07, 6.45) is 0.677. The number of carbonyl (C=O) groups excluding carboxylic acids is 1. The summed E-state index contributed by atoms with van der Waals surface area (Å²) in [6.45, 7) is 4.27. The van der Waals surface area contributed by atoms with E-state index >= 15 is 0 Å². The van der Waals surface area contributed by atoms with Crippen LogP contribution in [0.2, 0.25) is 0 Å². The molecule has 150 valence electrons. The summed E-state index contributed by atoms with van der Waals surface area (Å²) in [5.74, 6) is 1.83. The minimum atomic E-state index is -0.170. The summed E-state index contributed by atoms with van der Waals surface area (Å²) >= 11 is 0. The Morgan fingerprint density at radius 1 is 1.21 bits per heavy atom. The quantitative estimate of drug-likeness (QED) is 0.853. The highest BCUT2D eigenvalue weighted by Crippen LogP contribution is 2.33. The summed E-state index contributed by atoms with van der Waals surface area (Å²) < 4.78 is 11.4. The molecule has 1 fully saturated rings. The van der Waals surface area contributed by atoms with Crippen LogP contribution in [0.3, 0.4) is 0 Å². The zero-order valence-electron chi connectivity index (χ0n) is 16.0. The molecule has 2 aromatic carbocycles. The third kappa shape index (κ3) is 4.10. The fourth-order valence-electron chi connectivity index (χ4n) is 4.11. The van der Waals surface area contributed by atoms with Crippen molar-refractivity contribution >= 4 is 18.3 Å². The molecule has 3 atom stereocenters. The van der Waals surface area contributed by atoms with Gasteiger partial charge in [-0.2, -0.15) is 0 Å². The molecule has 5 nitrogen and oxygen atoms in total. The van der Waals surface area contributed by atoms with Gasteiger partial charge in [0.15, 0.2) is 0 Å². The molecule has 0 aromatic heterocycles. The van der Waals surface area contributed by atoms with Crippen LogP contribution in [-0.2, 0) is 11.2 Å². The first-order chi connectivity index (χ1) is 13.2. The van der Waals surface area contributed by atoms with Crippen LogP contribution in [0, 0.1) is 5.92 Å². The van der Waals surface area contributed by atoms with E-state index in [2.05, 4.69) is 12.1 Å². The predicted molar refractivity (Wildman–Crippen MR) is 111 cm³/mol. The summed E-state index contributed by atoms with van der Waals surface area (Å²) in [5, 5.41) is 0. The number of halogens is 1. The van der Waals surface area contributed by atoms with Crippen LogP contribution in [0.1, 0.15) is 24.0 Å². The first-order valence-electron chi connectivity index (χ1n) is 9.63. The highest BCUT2D eigenvalue weighted by Gasteiger charge is 2.37. The van der Waals surface area contributed by atoms with E-state index in [0.717, 1.165) is 17.1 Å².